The predicted molar refractivity (Wildman–Crippen MR) is 95.0 cm³/mol. The summed E-state index contributed by atoms with van der Waals surface area (Å²) in [6.45, 7) is 1.37. The van der Waals surface area contributed by atoms with Gasteiger partial charge in [-0.1, -0.05) is 24.3 Å². The molecule has 1 aromatic heterocycles. The molecule has 3 rings (SSSR count). The highest BCUT2D eigenvalue weighted by atomic mass is 16.5. The number of piperidine rings is 1. The van der Waals surface area contributed by atoms with E-state index < -0.39 is 5.41 Å². The topological polar surface area (TPSA) is 85.5 Å². The van der Waals surface area contributed by atoms with Crippen molar-refractivity contribution < 1.29 is 14.3 Å². The normalized spacial score (nSPS) is 20.6. The third kappa shape index (κ3) is 3.49. The number of nitrogens with two attached hydrogens (primary N) is 1. The number of methoxy groups -OCH3 is 1. The minimum Gasteiger partial charge on any atom is -0.385 e. The molecule has 2 heterocycles. The first-order valence-corrected chi connectivity index (χ1v) is 8.50. The average Bonchev–Trinajstić information content (AvgIpc) is 2.65. The number of carbonyl (C=O) groups is 2. The van der Waals surface area contributed by atoms with Gasteiger partial charge in [0.2, 0.25) is 5.91 Å². The molecule has 0 bridgehead atoms. The van der Waals surface area contributed by atoms with Gasteiger partial charge >= 0.3 is 0 Å². The van der Waals surface area contributed by atoms with Crippen molar-refractivity contribution in [2.75, 3.05) is 26.8 Å². The monoisotopic (exact) mass is 341 g/mol. The first-order valence-electron chi connectivity index (χ1n) is 8.50. The molecule has 1 fully saturated rings. The molecule has 1 unspecified atom stereocenters. The van der Waals surface area contributed by atoms with Crippen molar-refractivity contribution in [3.63, 3.8) is 0 Å². The summed E-state index contributed by atoms with van der Waals surface area (Å²) in [4.78, 5) is 31.2. The zero-order chi connectivity index (χ0) is 17.9. The highest BCUT2D eigenvalue weighted by Gasteiger charge is 2.42. The van der Waals surface area contributed by atoms with Gasteiger partial charge in [0.25, 0.3) is 5.91 Å². The minimum atomic E-state index is -0.721. The van der Waals surface area contributed by atoms with E-state index in [9.17, 15) is 9.59 Å². The van der Waals surface area contributed by atoms with E-state index in [0.717, 1.165) is 17.3 Å². The van der Waals surface area contributed by atoms with Crippen LogP contribution in [0.2, 0.25) is 0 Å². The van der Waals surface area contributed by atoms with Crippen LogP contribution in [0.15, 0.2) is 36.4 Å². The van der Waals surface area contributed by atoms with Gasteiger partial charge in [0, 0.05) is 32.2 Å². The fourth-order valence-electron chi connectivity index (χ4n) is 3.48. The molecule has 1 atom stereocenters. The van der Waals surface area contributed by atoms with Gasteiger partial charge in [-0.25, -0.2) is 4.98 Å². The molecule has 6 heteroatoms. The lowest BCUT2D eigenvalue weighted by Crippen LogP contribution is -2.52. The molecule has 0 saturated carbocycles. The van der Waals surface area contributed by atoms with E-state index in [1.54, 1.807) is 18.1 Å². The van der Waals surface area contributed by atoms with Gasteiger partial charge < -0.3 is 15.4 Å². The van der Waals surface area contributed by atoms with E-state index in [1.807, 2.05) is 30.3 Å². The molecule has 1 aromatic carbocycles. The summed E-state index contributed by atoms with van der Waals surface area (Å²) in [6.07, 6.45) is 1.94. The van der Waals surface area contributed by atoms with Crippen LogP contribution in [0, 0.1) is 5.41 Å². The third-order valence-electron chi connectivity index (χ3n) is 4.99. The Morgan fingerprint density at radius 1 is 1.28 bits per heavy atom. The van der Waals surface area contributed by atoms with Gasteiger partial charge in [0.15, 0.2) is 0 Å². The molecule has 1 saturated heterocycles. The Morgan fingerprint density at radius 2 is 2.08 bits per heavy atom. The van der Waals surface area contributed by atoms with Crippen LogP contribution in [0.4, 0.5) is 0 Å². The molecule has 0 spiro atoms. The van der Waals surface area contributed by atoms with E-state index >= 15 is 0 Å². The van der Waals surface area contributed by atoms with Crippen LogP contribution in [-0.4, -0.2) is 48.5 Å². The SMILES string of the molecule is COCCC1(C(N)=O)CCCN(C(=O)c2ccc3ccccc3n2)C1. The van der Waals surface area contributed by atoms with Gasteiger partial charge in [0.1, 0.15) is 5.69 Å². The molecule has 2 N–H and O–H groups in total. The number of hydrogen-bond acceptors (Lipinski definition) is 4. The molecule has 1 aliphatic rings. The number of nitrogens with zero attached hydrogens (tertiary/aromatic N) is 2. The predicted octanol–water partition coefficient (Wildman–Crippen LogP) is 1.98. The highest BCUT2D eigenvalue weighted by molar-refractivity contribution is 5.95. The zero-order valence-electron chi connectivity index (χ0n) is 14.4. The van der Waals surface area contributed by atoms with Crippen molar-refractivity contribution in [2.24, 2.45) is 11.1 Å². The lowest BCUT2D eigenvalue weighted by atomic mass is 9.76. The lowest BCUT2D eigenvalue weighted by molar-refractivity contribution is -0.131. The van der Waals surface area contributed by atoms with E-state index in [-0.39, 0.29) is 11.8 Å². The number of amides is 2. The largest absolute Gasteiger partial charge is 0.385 e. The summed E-state index contributed by atoms with van der Waals surface area (Å²) in [5.74, 6) is -0.526. The Hall–Kier alpha value is -2.47. The second kappa shape index (κ2) is 7.19. The Bertz CT molecular complexity index is 792. The number of hydrogen-bond donors (Lipinski definition) is 1. The fraction of sp³-hybridized carbons (Fsp3) is 0.421. The number of ether oxygens (including phenoxy) is 1. The van der Waals surface area contributed by atoms with Crippen molar-refractivity contribution >= 4 is 22.7 Å². The number of benzene rings is 1. The minimum absolute atomic E-state index is 0.159. The van der Waals surface area contributed by atoms with Gasteiger partial charge in [-0.05, 0) is 31.4 Å². The number of pyridine rings is 1. The van der Waals surface area contributed by atoms with Crippen LogP contribution in [0.25, 0.3) is 10.9 Å². The molecular formula is C19H23N3O3. The maximum atomic E-state index is 12.9. The van der Waals surface area contributed by atoms with Gasteiger partial charge in [-0.2, -0.15) is 0 Å². The molecule has 0 radical (unpaired) electrons. The fourth-order valence-corrected chi connectivity index (χ4v) is 3.48. The quantitative estimate of drug-likeness (QED) is 0.901. The number of aromatic nitrogens is 1. The summed E-state index contributed by atoms with van der Waals surface area (Å²) >= 11 is 0. The van der Waals surface area contributed by atoms with Crippen LogP contribution in [0.1, 0.15) is 29.8 Å². The van der Waals surface area contributed by atoms with Crippen molar-refractivity contribution in [1.82, 2.24) is 9.88 Å². The van der Waals surface area contributed by atoms with Crippen LogP contribution in [0.3, 0.4) is 0 Å². The lowest BCUT2D eigenvalue weighted by Gasteiger charge is -2.40. The number of likely N-dealkylation sites (tertiary alicyclic amines) is 1. The maximum absolute atomic E-state index is 12.9. The molecule has 6 nitrogen and oxygen atoms in total. The van der Waals surface area contributed by atoms with E-state index in [2.05, 4.69) is 4.98 Å². The Kier molecular flexibility index (Phi) is 4.99. The second-order valence-electron chi connectivity index (χ2n) is 6.61. The summed E-state index contributed by atoms with van der Waals surface area (Å²) in [5, 5.41) is 0.990. The second-order valence-corrected chi connectivity index (χ2v) is 6.61. The molecule has 2 aromatic rings. The number of rotatable bonds is 5. The molecule has 132 valence electrons. The summed E-state index contributed by atoms with van der Waals surface area (Å²) < 4.78 is 5.12. The third-order valence-corrected chi connectivity index (χ3v) is 4.99. The first-order chi connectivity index (χ1) is 12.1. The van der Waals surface area contributed by atoms with Crippen molar-refractivity contribution in [1.29, 1.82) is 0 Å². The van der Waals surface area contributed by atoms with Crippen molar-refractivity contribution in [3.05, 3.63) is 42.1 Å². The molecule has 1 aliphatic heterocycles. The Morgan fingerprint density at radius 3 is 2.84 bits per heavy atom. The number of primary amides is 1. The Labute approximate surface area is 147 Å². The molecule has 25 heavy (non-hydrogen) atoms. The summed E-state index contributed by atoms with van der Waals surface area (Å²) in [6, 6.07) is 11.3. The smallest absolute Gasteiger partial charge is 0.272 e. The van der Waals surface area contributed by atoms with Crippen LogP contribution < -0.4 is 5.73 Å². The molecular weight excluding hydrogens is 318 g/mol. The van der Waals surface area contributed by atoms with E-state index in [1.165, 1.54) is 0 Å². The maximum Gasteiger partial charge on any atom is 0.272 e. The standard InChI is InChI=1S/C19H23N3O3/c1-25-12-10-19(18(20)24)9-4-11-22(13-19)17(23)16-8-7-14-5-2-3-6-15(14)21-16/h2-3,5-8H,4,9-13H2,1H3,(H2,20,24). The van der Waals surface area contributed by atoms with Gasteiger partial charge in [-0.3, -0.25) is 9.59 Å². The van der Waals surface area contributed by atoms with Gasteiger partial charge in [0.05, 0.1) is 10.9 Å². The van der Waals surface area contributed by atoms with E-state index in [0.29, 0.717) is 38.2 Å². The van der Waals surface area contributed by atoms with Crippen molar-refractivity contribution in [3.8, 4) is 0 Å². The zero-order valence-corrected chi connectivity index (χ0v) is 14.4. The number of carbonyl (C=O) groups excluding carboxylic acids is 2. The van der Waals surface area contributed by atoms with Crippen LogP contribution in [-0.2, 0) is 9.53 Å². The van der Waals surface area contributed by atoms with Crippen molar-refractivity contribution in [2.45, 2.75) is 19.3 Å². The summed E-state index contributed by atoms with van der Waals surface area (Å²) in [7, 11) is 1.60. The molecule has 2 amide bonds. The average molecular weight is 341 g/mol. The van der Waals surface area contributed by atoms with E-state index in [4.69, 9.17) is 10.5 Å². The molecule has 0 aliphatic carbocycles. The van der Waals surface area contributed by atoms with Crippen LogP contribution >= 0.6 is 0 Å². The number of para-hydroxylation sites is 1. The Balaban J connectivity index is 1.83. The van der Waals surface area contributed by atoms with Gasteiger partial charge in [-0.15, -0.1) is 0 Å². The highest BCUT2D eigenvalue weighted by Crippen LogP contribution is 2.34. The van der Waals surface area contributed by atoms with Crippen LogP contribution in [0.5, 0.6) is 0 Å². The number of fused-ring (bicyclic) bond motifs is 1. The summed E-state index contributed by atoms with van der Waals surface area (Å²) in [5.41, 5.74) is 6.13. The first kappa shape index (κ1) is 17.4.